The Hall–Kier alpha value is -1.21. The Bertz CT molecular complexity index is 242. The van der Waals surface area contributed by atoms with Crippen molar-refractivity contribution < 1.29 is 5.11 Å². The van der Waals surface area contributed by atoms with Crippen LogP contribution in [-0.2, 0) is 0 Å². The molecule has 2 unspecified atom stereocenters. The molecular weight excluding hydrogens is 178 g/mol. The van der Waals surface area contributed by atoms with Gasteiger partial charge < -0.3 is 15.7 Å². The third-order valence-corrected chi connectivity index (χ3v) is 2.44. The van der Waals surface area contributed by atoms with E-state index in [1.54, 1.807) is 13.1 Å². The number of nitriles is 1. The lowest BCUT2D eigenvalue weighted by molar-refractivity contribution is 0.168. The van der Waals surface area contributed by atoms with Crippen molar-refractivity contribution >= 4 is 0 Å². The van der Waals surface area contributed by atoms with Crippen LogP contribution in [0.2, 0.25) is 0 Å². The Kier molecular flexibility index (Phi) is 3.78. The Morgan fingerprint density at radius 3 is 2.86 bits per heavy atom. The highest BCUT2D eigenvalue weighted by Gasteiger charge is 2.23. The Labute approximate surface area is 84.6 Å². The molecule has 0 radical (unpaired) electrons. The monoisotopic (exact) mass is 195 g/mol. The molecule has 0 aliphatic heterocycles. The summed E-state index contributed by atoms with van der Waals surface area (Å²) in [5, 5.41) is 23.6. The topological polar surface area (TPSA) is 68.1 Å². The van der Waals surface area contributed by atoms with Crippen LogP contribution in [0.25, 0.3) is 0 Å². The van der Waals surface area contributed by atoms with Crippen molar-refractivity contribution in [3.63, 3.8) is 0 Å². The van der Waals surface area contributed by atoms with Gasteiger partial charge in [-0.1, -0.05) is 6.58 Å². The van der Waals surface area contributed by atoms with Crippen molar-refractivity contribution in [2.45, 2.75) is 31.9 Å². The maximum Gasteiger partial charge on any atom is 0.176 e. The van der Waals surface area contributed by atoms with Crippen molar-refractivity contribution in [1.82, 2.24) is 10.6 Å². The van der Waals surface area contributed by atoms with Crippen molar-refractivity contribution in [1.29, 1.82) is 5.26 Å². The molecule has 14 heavy (non-hydrogen) atoms. The molecule has 0 heterocycles. The van der Waals surface area contributed by atoms with Crippen LogP contribution >= 0.6 is 0 Å². The molecule has 0 aromatic heterocycles. The Morgan fingerprint density at radius 2 is 2.36 bits per heavy atom. The van der Waals surface area contributed by atoms with E-state index in [9.17, 15) is 5.11 Å². The maximum absolute atomic E-state index is 9.67. The molecule has 1 rings (SSSR count). The van der Waals surface area contributed by atoms with E-state index in [1.165, 1.54) is 12.8 Å². The quantitative estimate of drug-likeness (QED) is 0.422. The van der Waals surface area contributed by atoms with Crippen LogP contribution in [-0.4, -0.2) is 23.8 Å². The largest absolute Gasteiger partial charge is 0.386 e. The summed E-state index contributed by atoms with van der Waals surface area (Å²) in [6.07, 6.45) is 3.62. The molecule has 1 fully saturated rings. The van der Waals surface area contributed by atoms with Crippen molar-refractivity contribution in [3.8, 4) is 6.19 Å². The first-order chi connectivity index (χ1) is 6.65. The minimum Gasteiger partial charge on any atom is -0.386 e. The van der Waals surface area contributed by atoms with E-state index in [4.69, 9.17) is 5.26 Å². The van der Waals surface area contributed by atoms with Gasteiger partial charge in [-0.05, 0) is 25.7 Å². The molecule has 1 aliphatic rings. The van der Waals surface area contributed by atoms with Gasteiger partial charge in [-0.3, -0.25) is 0 Å². The summed E-state index contributed by atoms with van der Waals surface area (Å²) in [6.45, 7) is 6.38. The summed E-state index contributed by atoms with van der Waals surface area (Å²) in [4.78, 5) is 0. The normalized spacial score (nSPS) is 19.2. The molecule has 1 saturated carbocycles. The van der Waals surface area contributed by atoms with E-state index in [0.717, 1.165) is 12.5 Å². The molecule has 3 N–H and O–H groups in total. The van der Waals surface area contributed by atoms with E-state index in [-0.39, 0.29) is 6.04 Å². The summed E-state index contributed by atoms with van der Waals surface area (Å²) in [6, 6.07) is -0.292. The first kappa shape index (κ1) is 10.9. The minimum atomic E-state index is -0.714. The molecule has 0 saturated heterocycles. The van der Waals surface area contributed by atoms with Gasteiger partial charge in [0.05, 0.1) is 6.04 Å². The van der Waals surface area contributed by atoms with Crippen molar-refractivity contribution in [3.05, 3.63) is 12.3 Å². The van der Waals surface area contributed by atoms with Crippen LogP contribution in [0.1, 0.15) is 19.8 Å². The molecule has 4 nitrogen and oxygen atoms in total. The molecule has 0 aromatic rings. The Morgan fingerprint density at radius 1 is 1.71 bits per heavy atom. The highest BCUT2D eigenvalue weighted by Crippen LogP contribution is 2.27. The molecule has 0 bridgehead atoms. The number of hydrogen-bond acceptors (Lipinski definition) is 4. The highest BCUT2D eigenvalue weighted by atomic mass is 16.3. The number of aliphatic hydroxyl groups is 1. The van der Waals surface area contributed by atoms with E-state index in [0.29, 0.717) is 5.70 Å². The molecular formula is C10H17N3O. The zero-order valence-corrected chi connectivity index (χ0v) is 8.45. The number of nitrogens with one attached hydrogen (secondary N) is 2. The van der Waals surface area contributed by atoms with Crippen molar-refractivity contribution in [2.24, 2.45) is 5.92 Å². The fourth-order valence-corrected chi connectivity index (χ4v) is 1.18. The summed E-state index contributed by atoms with van der Waals surface area (Å²) < 4.78 is 0. The second-order valence-corrected chi connectivity index (χ2v) is 3.84. The maximum atomic E-state index is 9.67. The van der Waals surface area contributed by atoms with Gasteiger partial charge in [0.1, 0.15) is 6.10 Å². The molecule has 0 aromatic carbocycles. The first-order valence-electron chi connectivity index (χ1n) is 4.90. The zero-order valence-electron chi connectivity index (χ0n) is 8.45. The fraction of sp³-hybridized carbons (Fsp3) is 0.700. The molecule has 0 spiro atoms. The number of aliphatic hydroxyl groups excluding tert-OH is 1. The standard InChI is InChI=1S/C10H17N3O/c1-7(12-5-9-3-4-9)10(14)8(2)13-6-11/h8-10,12-14H,1,3-5H2,2H3. The second-order valence-electron chi connectivity index (χ2n) is 3.84. The lowest BCUT2D eigenvalue weighted by Crippen LogP contribution is -2.39. The van der Waals surface area contributed by atoms with Crippen LogP contribution in [0.3, 0.4) is 0 Å². The molecule has 4 heteroatoms. The van der Waals surface area contributed by atoms with Gasteiger partial charge in [0, 0.05) is 12.2 Å². The SMILES string of the molecule is C=C(NCC1CC1)C(O)C(C)NC#N. The lowest BCUT2D eigenvalue weighted by atomic mass is 10.1. The van der Waals surface area contributed by atoms with Gasteiger partial charge in [-0.2, -0.15) is 5.26 Å². The van der Waals surface area contributed by atoms with Gasteiger partial charge in [0.25, 0.3) is 0 Å². The predicted octanol–water partition coefficient (Wildman–Crippen LogP) is 0.320. The minimum absolute atomic E-state index is 0.292. The van der Waals surface area contributed by atoms with E-state index < -0.39 is 6.10 Å². The van der Waals surface area contributed by atoms with E-state index in [2.05, 4.69) is 17.2 Å². The van der Waals surface area contributed by atoms with Crippen LogP contribution in [0.4, 0.5) is 0 Å². The molecule has 2 atom stereocenters. The van der Waals surface area contributed by atoms with Crippen LogP contribution in [0.5, 0.6) is 0 Å². The van der Waals surface area contributed by atoms with Gasteiger partial charge in [0.15, 0.2) is 6.19 Å². The van der Waals surface area contributed by atoms with Crippen LogP contribution < -0.4 is 10.6 Å². The van der Waals surface area contributed by atoms with Crippen molar-refractivity contribution in [2.75, 3.05) is 6.54 Å². The fourth-order valence-electron chi connectivity index (χ4n) is 1.18. The Balaban J connectivity index is 2.23. The molecule has 0 amide bonds. The van der Waals surface area contributed by atoms with Crippen LogP contribution in [0, 0.1) is 17.4 Å². The lowest BCUT2D eigenvalue weighted by Gasteiger charge is -2.20. The third-order valence-electron chi connectivity index (χ3n) is 2.44. The zero-order chi connectivity index (χ0) is 10.6. The van der Waals surface area contributed by atoms with Gasteiger partial charge in [-0.15, -0.1) is 0 Å². The predicted molar refractivity (Wildman–Crippen MR) is 54.1 cm³/mol. The van der Waals surface area contributed by atoms with Crippen LogP contribution in [0.15, 0.2) is 12.3 Å². The summed E-state index contributed by atoms with van der Waals surface area (Å²) >= 11 is 0. The average molecular weight is 195 g/mol. The third kappa shape index (κ3) is 3.27. The van der Waals surface area contributed by atoms with E-state index >= 15 is 0 Å². The summed E-state index contributed by atoms with van der Waals surface area (Å²) in [7, 11) is 0. The van der Waals surface area contributed by atoms with Gasteiger partial charge in [0.2, 0.25) is 0 Å². The number of nitrogens with zero attached hydrogens (tertiary/aromatic N) is 1. The van der Waals surface area contributed by atoms with Gasteiger partial charge in [-0.25, -0.2) is 0 Å². The molecule has 1 aliphatic carbocycles. The van der Waals surface area contributed by atoms with E-state index in [1.807, 2.05) is 0 Å². The second kappa shape index (κ2) is 4.87. The van der Waals surface area contributed by atoms with Gasteiger partial charge >= 0.3 is 0 Å². The number of rotatable bonds is 6. The highest BCUT2D eigenvalue weighted by molar-refractivity contribution is 5.04. The number of hydrogen-bond donors (Lipinski definition) is 3. The summed E-state index contributed by atoms with van der Waals surface area (Å²) in [5.74, 6) is 0.748. The first-order valence-corrected chi connectivity index (χ1v) is 4.90. The summed E-state index contributed by atoms with van der Waals surface area (Å²) in [5.41, 5.74) is 0.590. The molecule has 78 valence electrons. The smallest absolute Gasteiger partial charge is 0.176 e. The average Bonchev–Trinajstić information content (AvgIpc) is 2.97.